The highest BCUT2D eigenvalue weighted by Crippen LogP contribution is 2.11. The zero-order valence-electron chi connectivity index (χ0n) is 10.7. The highest BCUT2D eigenvalue weighted by Gasteiger charge is 2.11. The summed E-state index contributed by atoms with van der Waals surface area (Å²) in [6.07, 6.45) is 12.3. The lowest BCUT2D eigenvalue weighted by molar-refractivity contribution is 0.229. The molecule has 0 amide bonds. The Bertz CT molecular complexity index is 170. The van der Waals surface area contributed by atoms with E-state index in [9.17, 15) is 0 Å². The van der Waals surface area contributed by atoms with Crippen LogP contribution in [0.1, 0.15) is 44.9 Å². The van der Waals surface area contributed by atoms with E-state index in [1.165, 1.54) is 84.2 Å². The van der Waals surface area contributed by atoms with Crippen molar-refractivity contribution in [3.63, 3.8) is 0 Å². The second-order valence-electron chi connectivity index (χ2n) is 5.32. The normalized spacial score (nSPS) is 24.0. The summed E-state index contributed by atoms with van der Waals surface area (Å²) in [4.78, 5) is 5.24. The van der Waals surface area contributed by atoms with Gasteiger partial charge in [-0.15, -0.1) is 0 Å². The summed E-state index contributed by atoms with van der Waals surface area (Å²) in [5, 5.41) is 0. The number of unbranched alkanes of at least 4 members (excludes halogenated alkanes) is 2. The minimum Gasteiger partial charge on any atom is -0.303 e. The minimum atomic E-state index is 1.30. The third-order valence-electron chi connectivity index (χ3n) is 3.95. The highest BCUT2D eigenvalue weighted by molar-refractivity contribution is 4.74. The fraction of sp³-hybridized carbons (Fsp3) is 0.929. The lowest BCUT2D eigenvalue weighted by Gasteiger charge is -2.26. The molecule has 2 fully saturated rings. The molecule has 1 radical (unpaired) electrons. The summed E-state index contributed by atoms with van der Waals surface area (Å²) >= 11 is 0. The summed E-state index contributed by atoms with van der Waals surface area (Å²) in [6.45, 7) is 8.00. The van der Waals surface area contributed by atoms with Crippen LogP contribution in [-0.2, 0) is 0 Å². The van der Waals surface area contributed by atoms with Crippen LogP contribution >= 0.6 is 0 Å². The van der Waals surface area contributed by atoms with E-state index in [1.54, 1.807) is 0 Å². The number of hydrogen-bond donors (Lipinski definition) is 0. The Morgan fingerprint density at radius 1 is 0.625 bits per heavy atom. The van der Waals surface area contributed by atoms with Gasteiger partial charge in [0.2, 0.25) is 0 Å². The van der Waals surface area contributed by atoms with Gasteiger partial charge in [-0.1, -0.05) is 6.42 Å². The molecular formula is C14H27N2. The first-order chi connectivity index (χ1) is 7.95. The topological polar surface area (TPSA) is 6.48 Å². The second-order valence-corrected chi connectivity index (χ2v) is 5.32. The maximum Gasteiger partial charge on any atom is -0.00160 e. The van der Waals surface area contributed by atoms with Gasteiger partial charge in [0.05, 0.1) is 0 Å². The van der Waals surface area contributed by atoms with Crippen molar-refractivity contribution in [2.24, 2.45) is 0 Å². The molecule has 0 atom stereocenters. The van der Waals surface area contributed by atoms with Crippen molar-refractivity contribution in [1.82, 2.24) is 9.80 Å². The van der Waals surface area contributed by atoms with Gasteiger partial charge in [0.25, 0.3) is 0 Å². The third-order valence-corrected chi connectivity index (χ3v) is 3.95. The van der Waals surface area contributed by atoms with Crippen molar-refractivity contribution in [2.75, 3.05) is 39.3 Å². The maximum absolute atomic E-state index is 2.63. The zero-order chi connectivity index (χ0) is 11.1. The molecule has 2 nitrogen and oxygen atoms in total. The SMILES string of the molecule is [CH](CCN1CCCCC1)CCN1CCCC1. The molecule has 2 rings (SSSR count). The van der Waals surface area contributed by atoms with Gasteiger partial charge in [-0.25, -0.2) is 0 Å². The largest absolute Gasteiger partial charge is 0.303 e. The van der Waals surface area contributed by atoms with Gasteiger partial charge in [-0.2, -0.15) is 0 Å². The molecule has 2 aliphatic heterocycles. The summed E-state index contributed by atoms with van der Waals surface area (Å²) < 4.78 is 0. The van der Waals surface area contributed by atoms with Crippen molar-refractivity contribution in [3.05, 3.63) is 6.42 Å². The zero-order valence-corrected chi connectivity index (χ0v) is 10.7. The van der Waals surface area contributed by atoms with E-state index in [-0.39, 0.29) is 0 Å². The Kier molecular flexibility index (Phi) is 5.64. The Morgan fingerprint density at radius 2 is 1.06 bits per heavy atom. The van der Waals surface area contributed by atoms with Gasteiger partial charge in [0.1, 0.15) is 0 Å². The van der Waals surface area contributed by atoms with Gasteiger partial charge in [0.15, 0.2) is 0 Å². The molecule has 2 heteroatoms. The van der Waals surface area contributed by atoms with E-state index in [1.807, 2.05) is 0 Å². The predicted octanol–water partition coefficient (Wildman–Crippen LogP) is 2.55. The standard InChI is InChI=1S/C14H27N2/c1-3-9-15(10-4-1)11-5-2-6-12-16-13-7-8-14-16/h2H,1,3-14H2. The first-order valence-electron chi connectivity index (χ1n) is 7.21. The number of nitrogens with zero attached hydrogens (tertiary/aromatic N) is 2. The van der Waals surface area contributed by atoms with Crippen LogP contribution in [0.15, 0.2) is 0 Å². The van der Waals surface area contributed by atoms with Crippen LogP contribution in [0.2, 0.25) is 0 Å². The van der Waals surface area contributed by atoms with Crippen molar-refractivity contribution < 1.29 is 0 Å². The molecule has 16 heavy (non-hydrogen) atoms. The molecule has 0 unspecified atom stereocenters. The van der Waals surface area contributed by atoms with Crippen molar-refractivity contribution in [2.45, 2.75) is 44.9 Å². The van der Waals surface area contributed by atoms with Gasteiger partial charge in [0, 0.05) is 0 Å². The quantitative estimate of drug-likeness (QED) is 0.639. The van der Waals surface area contributed by atoms with E-state index in [0.717, 1.165) is 0 Å². The number of likely N-dealkylation sites (tertiary alicyclic amines) is 2. The van der Waals surface area contributed by atoms with Gasteiger partial charge >= 0.3 is 0 Å². The number of rotatable bonds is 6. The average Bonchev–Trinajstić information content (AvgIpc) is 2.83. The van der Waals surface area contributed by atoms with Crippen LogP contribution in [0.4, 0.5) is 0 Å². The third kappa shape index (κ3) is 4.42. The van der Waals surface area contributed by atoms with E-state index in [0.29, 0.717) is 0 Å². The van der Waals surface area contributed by atoms with E-state index < -0.39 is 0 Å². The van der Waals surface area contributed by atoms with E-state index in [2.05, 4.69) is 16.2 Å². The second kappa shape index (κ2) is 7.29. The lowest BCUT2D eigenvalue weighted by Crippen LogP contribution is -2.30. The van der Waals surface area contributed by atoms with Gasteiger partial charge in [-0.3, -0.25) is 0 Å². The summed E-state index contributed by atoms with van der Waals surface area (Å²) in [6, 6.07) is 0. The molecular weight excluding hydrogens is 196 g/mol. The Balaban J connectivity index is 1.42. The first-order valence-corrected chi connectivity index (χ1v) is 7.21. The van der Waals surface area contributed by atoms with E-state index in [4.69, 9.17) is 0 Å². The molecule has 0 aromatic heterocycles. The van der Waals surface area contributed by atoms with Crippen LogP contribution in [-0.4, -0.2) is 49.1 Å². The van der Waals surface area contributed by atoms with E-state index >= 15 is 0 Å². The summed E-state index contributed by atoms with van der Waals surface area (Å²) in [5.41, 5.74) is 0. The van der Waals surface area contributed by atoms with Gasteiger partial charge in [-0.05, 0) is 84.2 Å². The molecule has 0 aromatic carbocycles. The van der Waals surface area contributed by atoms with Gasteiger partial charge < -0.3 is 9.80 Å². The van der Waals surface area contributed by atoms with Crippen molar-refractivity contribution in [3.8, 4) is 0 Å². The Labute approximate surface area is 101 Å². The molecule has 93 valence electrons. The molecule has 2 heterocycles. The molecule has 0 saturated carbocycles. The van der Waals surface area contributed by atoms with Crippen LogP contribution in [0.25, 0.3) is 0 Å². The monoisotopic (exact) mass is 223 g/mol. The minimum absolute atomic E-state index is 1.30. The predicted molar refractivity (Wildman–Crippen MR) is 69.5 cm³/mol. The fourth-order valence-corrected chi connectivity index (χ4v) is 2.88. The highest BCUT2D eigenvalue weighted by atomic mass is 15.1. The molecule has 2 saturated heterocycles. The van der Waals surface area contributed by atoms with Crippen molar-refractivity contribution in [1.29, 1.82) is 0 Å². The van der Waals surface area contributed by atoms with Crippen LogP contribution < -0.4 is 0 Å². The number of piperidine rings is 1. The number of hydrogen-bond acceptors (Lipinski definition) is 2. The molecule has 0 aliphatic carbocycles. The van der Waals surface area contributed by atoms with Crippen molar-refractivity contribution >= 4 is 0 Å². The summed E-state index contributed by atoms with van der Waals surface area (Å²) in [5.74, 6) is 0. The first kappa shape index (κ1) is 12.4. The maximum atomic E-state index is 2.63. The molecule has 0 N–H and O–H groups in total. The Morgan fingerprint density at radius 3 is 1.56 bits per heavy atom. The summed E-state index contributed by atoms with van der Waals surface area (Å²) in [7, 11) is 0. The molecule has 0 aromatic rings. The molecule has 0 spiro atoms. The smallest absolute Gasteiger partial charge is 0.00160 e. The van der Waals surface area contributed by atoms with Crippen LogP contribution in [0, 0.1) is 6.42 Å². The Hall–Kier alpha value is -0.0800. The lowest BCUT2D eigenvalue weighted by atomic mass is 10.1. The van der Waals surface area contributed by atoms with Crippen LogP contribution in [0.3, 0.4) is 0 Å². The van der Waals surface area contributed by atoms with Crippen LogP contribution in [0.5, 0.6) is 0 Å². The molecule has 2 aliphatic rings. The average molecular weight is 223 g/mol. The molecule has 0 bridgehead atoms. The fourth-order valence-electron chi connectivity index (χ4n) is 2.88.